The Balaban J connectivity index is 2.41. The van der Waals surface area contributed by atoms with Gasteiger partial charge in [0.05, 0.1) is 6.10 Å². The molecule has 2 rings (SSSR count). The third kappa shape index (κ3) is 2.50. The third-order valence-electron chi connectivity index (χ3n) is 2.62. The average molecular weight is 212 g/mol. The summed E-state index contributed by atoms with van der Waals surface area (Å²) in [5.41, 5.74) is 3.62. The Kier molecular flexibility index (Phi) is 3.37. The predicted molar refractivity (Wildman–Crippen MR) is 67.3 cm³/mol. The fourth-order valence-corrected chi connectivity index (χ4v) is 1.92. The first-order valence-corrected chi connectivity index (χ1v) is 5.59. The Hall–Kier alpha value is -1.60. The van der Waals surface area contributed by atoms with E-state index in [1.807, 2.05) is 37.3 Å². The number of hydrogen-bond acceptors (Lipinski definition) is 1. The van der Waals surface area contributed by atoms with E-state index in [2.05, 4.69) is 24.3 Å². The van der Waals surface area contributed by atoms with Gasteiger partial charge in [0.2, 0.25) is 0 Å². The van der Waals surface area contributed by atoms with Gasteiger partial charge in [0.15, 0.2) is 0 Å². The Morgan fingerprint density at radius 1 is 0.938 bits per heavy atom. The molecule has 1 heteroatoms. The molecule has 0 fully saturated rings. The van der Waals surface area contributed by atoms with Crippen molar-refractivity contribution in [3.63, 3.8) is 0 Å². The predicted octanol–water partition coefficient (Wildman–Crippen LogP) is 3.28. The van der Waals surface area contributed by atoms with E-state index >= 15 is 0 Å². The molecule has 0 saturated carbocycles. The summed E-state index contributed by atoms with van der Waals surface area (Å²) in [6, 6.07) is 18.5. The molecule has 2 aromatic carbocycles. The van der Waals surface area contributed by atoms with Crippen molar-refractivity contribution in [2.75, 3.05) is 0 Å². The lowest BCUT2D eigenvalue weighted by molar-refractivity contribution is 0.195. The highest BCUT2D eigenvalue weighted by Crippen LogP contribution is 2.24. The Bertz CT molecular complexity index is 446. The van der Waals surface area contributed by atoms with Crippen molar-refractivity contribution in [3.05, 3.63) is 60.2 Å². The average Bonchev–Trinajstić information content (AvgIpc) is 2.30. The van der Waals surface area contributed by atoms with Crippen LogP contribution in [0.3, 0.4) is 0 Å². The van der Waals surface area contributed by atoms with E-state index in [-0.39, 0.29) is 6.10 Å². The third-order valence-corrected chi connectivity index (χ3v) is 2.62. The summed E-state index contributed by atoms with van der Waals surface area (Å²) in [5.74, 6) is 0. The molecule has 0 saturated heterocycles. The number of rotatable bonds is 3. The van der Waals surface area contributed by atoms with E-state index in [9.17, 15) is 5.11 Å². The van der Waals surface area contributed by atoms with Crippen molar-refractivity contribution in [3.8, 4) is 11.1 Å². The van der Waals surface area contributed by atoms with Crippen LogP contribution in [0.4, 0.5) is 0 Å². The van der Waals surface area contributed by atoms with Crippen LogP contribution in [-0.4, -0.2) is 11.2 Å². The first-order chi connectivity index (χ1) is 7.77. The van der Waals surface area contributed by atoms with E-state index in [0.29, 0.717) is 6.42 Å². The van der Waals surface area contributed by atoms with Crippen LogP contribution < -0.4 is 0 Å². The molecule has 16 heavy (non-hydrogen) atoms. The molecule has 82 valence electrons. The number of hydrogen-bond donors (Lipinski definition) is 1. The van der Waals surface area contributed by atoms with E-state index in [1.165, 1.54) is 16.7 Å². The molecule has 1 nitrogen and oxygen atoms in total. The topological polar surface area (TPSA) is 20.2 Å². The second kappa shape index (κ2) is 4.95. The molecule has 0 aliphatic rings. The highest BCUT2D eigenvalue weighted by molar-refractivity contribution is 5.67. The highest BCUT2D eigenvalue weighted by atomic mass is 16.3. The van der Waals surface area contributed by atoms with E-state index < -0.39 is 0 Å². The van der Waals surface area contributed by atoms with Crippen molar-refractivity contribution >= 4 is 0 Å². The maximum Gasteiger partial charge on any atom is 0.0552 e. The van der Waals surface area contributed by atoms with Crippen LogP contribution in [0.25, 0.3) is 11.1 Å². The summed E-state index contributed by atoms with van der Waals surface area (Å²) in [7, 11) is 0. The number of benzene rings is 2. The summed E-state index contributed by atoms with van der Waals surface area (Å²) in [4.78, 5) is 0. The van der Waals surface area contributed by atoms with Gasteiger partial charge in [-0.05, 0) is 30.0 Å². The second-order valence-corrected chi connectivity index (χ2v) is 4.08. The lowest BCUT2D eigenvalue weighted by atomic mass is 9.96. The van der Waals surface area contributed by atoms with Crippen molar-refractivity contribution in [2.24, 2.45) is 0 Å². The Labute approximate surface area is 96.4 Å². The standard InChI is InChI=1S/C15H16O/c1-12(16)11-14-9-5-6-10-15(14)13-7-3-2-4-8-13/h2-10,12,16H,11H2,1H3/t12-/m0/s1. The quantitative estimate of drug-likeness (QED) is 0.827. The SMILES string of the molecule is C[C@H](O)Cc1ccccc1-c1ccccc1. The molecule has 0 spiro atoms. The molecule has 0 heterocycles. The van der Waals surface area contributed by atoms with Crippen molar-refractivity contribution in [1.82, 2.24) is 0 Å². The molecule has 0 aliphatic carbocycles. The van der Waals surface area contributed by atoms with Gasteiger partial charge in [0.1, 0.15) is 0 Å². The molecule has 0 aromatic heterocycles. The van der Waals surface area contributed by atoms with Gasteiger partial charge in [0.25, 0.3) is 0 Å². The summed E-state index contributed by atoms with van der Waals surface area (Å²) in [5, 5.41) is 9.48. The summed E-state index contributed by atoms with van der Waals surface area (Å²) < 4.78 is 0. The fraction of sp³-hybridized carbons (Fsp3) is 0.200. The highest BCUT2D eigenvalue weighted by Gasteiger charge is 2.06. The molecule has 1 N–H and O–H groups in total. The van der Waals surface area contributed by atoms with Crippen LogP contribution in [0, 0.1) is 0 Å². The van der Waals surface area contributed by atoms with Crippen LogP contribution in [0.1, 0.15) is 12.5 Å². The van der Waals surface area contributed by atoms with Crippen LogP contribution in [0.15, 0.2) is 54.6 Å². The first kappa shape index (κ1) is 10.9. The van der Waals surface area contributed by atoms with Gasteiger partial charge in [-0.1, -0.05) is 54.6 Å². The van der Waals surface area contributed by atoms with Gasteiger partial charge >= 0.3 is 0 Å². The summed E-state index contributed by atoms with van der Waals surface area (Å²) in [6.45, 7) is 1.82. The van der Waals surface area contributed by atoms with E-state index in [0.717, 1.165) is 0 Å². The largest absolute Gasteiger partial charge is 0.393 e. The molecule has 0 bridgehead atoms. The fourth-order valence-electron chi connectivity index (χ4n) is 1.92. The summed E-state index contributed by atoms with van der Waals surface area (Å²) >= 11 is 0. The minimum Gasteiger partial charge on any atom is -0.393 e. The van der Waals surface area contributed by atoms with Crippen LogP contribution >= 0.6 is 0 Å². The zero-order valence-electron chi connectivity index (χ0n) is 9.43. The van der Waals surface area contributed by atoms with Gasteiger partial charge < -0.3 is 5.11 Å². The zero-order valence-corrected chi connectivity index (χ0v) is 9.43. The van der Waals surface area contributed by atoms with Crippen LogP contribution in [0.5, 0.6) is 0 Å². The lowest BCUT2D eigenvalue weighted by Crippen LogP contribution is -2.05. The second-order valence-electron chi connectivity index (χ2n) is 4.08. The minimum absolute atomic E-state index is 0.301. The lowest BCUT2D eigenvalue weighted by Gasteiger charge is -2.11. The number of aliphatic hydroxyl groups is 1. The molecular formula is C15H16O. The molecule has 0 unspecified atom stereocenters. The summed E-state index contributed by atoms with van der Waals surface area (Å²) in [6.07, 6.45) is 0.398. The normalized spacial score (nSPS) is 12.4. The van der Waals surface area contributed by atoms with Crippen LogP contribution in [-0.2, 0) is 6.42 Å². The molecule has 2 aromatic rings. The maximum atomic E-state index is 9.48. The molecule has 0 aliphatic heterocycles. The minimum atomic E-state index is -0.301. The van der Waals surface area contributed by atoms with Gasteiger partial charge in [-0.2, -0.15) is 0 Å². The Morgan fingerprint density at radius 3 is 2.25 bits per heavy atom. The van der Waals surface area contributed by atoms with Crippen molar-refractivity contribution < 1.29 is 5.11 Å². The van der Waals surface area contributed by atoms with E-state index in [4.69, 9.17) is 0 Å². The smallest absolute Gasteiger partial charge is 0.0552 e. The molecule has 0 amide bonds. The van der Waals surface area contributed by atoms with Gasteiger partial charge in [-0.3, -0.25) is 0 Å². The maximum absolute atomic E-state index is 9.48. The van der Waals surface area contributed by atoms with Crippen LogP contribution in [0.2, 0.25) is 0 Å². The van der Waals surface area contributed by atoms with Gasteiger partial charge in [0, 0.05) is 0 Å². The molecule has 1 atom stereocenters. The van der Waals surface area contributed by atoms with Crippen molar-refractivity contribution in [1.29, 1.82) is 0 Å². The first-order valence-electron chi connectivity index (χ1n) is 5.59. The Morgan fingerprint density at radius 2 is 1.56 bits per heavy atom. The van der Waals surface area contributed by atoms with Gasteiger partial charge in [-0.15, -0.1) is 0 Å². The monoisotopic (exact) mass is 212 g/mol. The molecule has 0 radical (unpaired) electrons. The molecular weight excluding hydrogens is 196 g/mol. The number of aliphatic hydroxyl groups excluding tert-OH is 1. The zero-order chi connectivity index (χ0) is 11.4. The van der Waals surface area contributed by atoms with Gasteiger partial charge in [-0.25, -0.2) is 0 Å². The van der Waals surface area contributed by atoms with E-state index in [1.54, 1.807) is 0 Å². The van der Waals surface area contributed by atoms with Crippen molar-refractivity contribution in [2.45, 2.75) is 19.4 Å².